The summed E-state index contributed by atoms with van der Waals surface area (Å²) in [6.07, 6.45) is 1.51. The maximum Gasteiger partial charge on any atom is 0.354 e. The van der Waals surface area contributed by atoms with Crippen LogP contribution in [0.4, 0.5) is 4.39 Å². The Hall–Kier alpha value is -3.45. The molecule has 142 valence electrons. The zero-order chi connectivity index (χ0) is 19.7. The highest BCUT2D eigenvalue weighted by atomic mass is 19.1. The van der Waals surface area contributed by atoms with E-state index in [0.29, 0.717) is 17.9 Å². The highest BCUT2D eigenvalue weighted by molar-refractivity contribution is 6.11. The molecule has 2 N–H and O–H groups in total. The topological polar surface area (TPSA) is 84.4 Å². The number of nitrogens with zero attached hydrogens (tertiary/aromatic N) is 1. The largest absolute Gasteiger partial charge is 0.489 e. The molecule has 0 spiro atoms. The third kappa shape index (κ3) is 3.27. The molecule has 7 heteroatoms. The fourth-order valence-corrected chi connectivity index (χ4v) is 3.25. The Balaban J connectivity index is 1.76. The van der Waals surface area contributed by atoms with Gasteiger partial charge in [-0.3, -0.25) is 0 Å². The Labute approximate surface area is 159 Å². The predicted molar refractivity (Wildman–Crippen MR) is 102 cm³/mol. The standard InChI is InChI=1S/C21H17FN2O4/c1-27-11-16-19-15-8-14(28-10-12-2-4-13(22)5-3-12)6-7-17(15)24-18(19)9-23-20(16)21(25)26/h2-9,24H,10-11H2,1H3,(H,25,26). The number of ether oxygens (including phenoxy) is 2. The molecule has 0 radical (unpaired) electrons. The Morgan fingerprint density at radius 3 is 2.64 bits per heavy atom. The van der Waals surface area contributed by atoms with Gasteiger partial charge >= 0.3 is 5.97 Å². The average Bonchev–Trinajstić information content (AvgIpc) is 3.06. The van der Waals surface area contributed by atoms with Crippen molar-refractivity contribution < 1.29 is 23.8 Å². The first-order valence-electron chi connectivity index (χ1n) is 8.59. The van der Waals surface area contributed by atoms with Crippen LogP contribution in [-0.4, -0.2) is 28.2 Å². The zero-order valence-corrected chi connectivity index (χ0v) is 15.0. The minimum Gasteiger partial charge on any atom is -0.489 e. The van der Waals surface area contributed by atoms with Crippen LogP contribution in [0.1, 0.15) is 21.6 Å². The van der Waals surface area contributed by atoms with Crippen molar-refractivity contribution in [3.8, 4) is 5.75 Å². The first kappa shape index (κ1) is 17.9. The van der Waals surface area contributed by atoms with E-state index in [-0.39, 0.29) is 18.1 Å². The number of carbonyl (C=O) groups is 1. The van der Waals surface area contributed by atoms with Crippen molar-refractivity contribution in [1.82, 2.24) is 9.97 Å². The summed E-state index contributed by atoms with van der Waals surface area (Å²) in [6.45, 7) is 0.417. The number of fused-ring (bicyclic) bond motifs is 3. The summed E-state index contributed by atoms with van der Waals surface area (Å²) < 4.78 is 24.1. The number of hydrogen-bond donors (Lipinski definition) is 2. The summed E-state index contributed by atoms with van der Waals surface area (Å²) in [6, 6.07) is 11.7. The third-order valence-corrected chi connectivity index (χ3v) is 4.52. The van der Waals surface area contributed by atoms with Gasteiger partial charge in [0.1, 0.15) is 18.2 Å². The van der Waals surface area contributed by atoms with Gasteiger partial charge in [0.2, 0.25) is 0 Å². The first-order valence-corrected chi connectivity index (χ1v) is 8.59. The SMILES string of the molecule is COCc1c(C(=O)O)ncc2[nH]c3ccc(OCc4ccc(F)cc4)cc3c12. The molecule has 0 aliphatic rings. The number of methoxy groups -OCH3 is 1. The predicted octanol–water partition coefficient (Wildman–Crippen LogP) is 4.28. The fraction of sp³-hybridized carbons (Fsp3) is 0.143. The lowest BCUT2D eigenvalue weighted by Gasteiger charge is -2.08. The van der Waals surface area contributed by atoms with Crippen LogP contribution in [0.25, 0.3) is 21.8 Å². The van der Waals surface area contributed by atoms with Crippen molar-refractivity contribution in [3.63, 3.8) is 0 Å². The molecule has 28 heavy (non-hydrogen) atoms. The van der Waals surface area contributed by atoms with Crippen LogP contribution in [0, 0.1) is 5.82 Å². The third-order valence-electron chi connectivity index (χ3n) is 4.52. The molecule has 2 heterocycles. The Bertz CT molecular complexity index is 1170. The molecule has 0 saturated carbocycles. The molecule has 0 amide bonds. The second kappa shape index (κ2) is 7.28. The number of pyridine rings is 1. The molecule has 0 aliphatic carbocycles. The molecule has 0 unspecified atom stereocenters. The van der Waals surface area contributed by atoms with Gasteiger partial charge in [-0.15, -0.1) is 0 Å². The molecule has 0 aliphatic heterocycles. The lowest BCUT2D eigenvalue weighted by Crippen LogP contribution is -2.07. The molecule has 0 atom stereocenters. The van der Waals surface area contributed by atoms with E-state index in [1.807, 2.05) is 18.2 Å². The van der Waals surface area contributed by atoms with E-state index in [9.17, 15) is 14.3 Å². The maximum atomic E-state index is 13.0. The van der Waals surface area contributed by atoms with Gasteiger partial charge in [-0.25, -0.2) is 14.2 Å². The molecule has 0 saturated heterocycles. The van der Waals surface area contributed by atoms with Crippen LogP contribution in [-0.2, 0) is 18.0 Å². The molecule has 6 nitrogen and oxygen atoms in total. The number of H-pyrrole nitrogens is 1. The zero-order valence-electron chi connectivity index (χ0n) is 15.0. The molecule has 4 rings (SSSR count). The van der Waals surface area contributed by atoms with Crippen LogP contribution in [0.5, 0.6) is 5.75 Å². The normalized spacial score (nSPS) is 11.2. The summed E-state index contributed by atoms with van der Waals surface area (Å²) >= 11 is 0. The summed E-state index contributed by atoms with van der Waals surface area (Å²) in [7, 11) is 1.51. The number of nitrogens with one attached hydrogen (secondary N) is 1. The Kier molecular flexibility index (Phi) is 4.67. The summed E-state index contributed by atoms with van der Waals surface area (Å²) in [5, 5.41) is 11.0. The summed E-state index contributed by atoms with van der Waals surface area (Å²) in [4.78, 5) is 18.9. The number of aromatic nitrogens is 2. The Morgan fingerprint density at radius 2 is 1.93 bits per heavy atom. The minimum atomic E-state index is -1.10. The van der Waals surface area contributed by atoms with Crippen LogP contribution in [0.2, 0.25) is 0 Å². The second-order valence-corrected chi connectivity index (χ2v) is 6.36. The van der Waals surface area contributed by atoms with Crippen LogP contribution in [0.15, 0.2) is 48.7 Å². The lowest BCUT2D eigenvalue weighted by molar-refractivity contribution is 0.0685. The maximum absolute atomic E-state index is 13.0. The van der Waals surface area contributed by atoms with E-state index >= 15 is 0 Å². The molecule has 0 fully saturated rings. The van der Waals surface area contributed by atoms with Gasteiger partial charge in [-0.2, -0.15) is 0 Å². The van der Waals surface area contributed by atoms with Gasteiger partial charge < -0.3 is 19.6 Å². The highest BCUT2D eigenvalue weighted by Crippen LogP contribution is 2.32. The number of rotatable bonds is 6. The minimum absolute atomic E-state index is 0.0344. The number of hydrogen-bond acceptors (Lipinski definition) is 4. The van der Waals surface area contributed by atoms with Crippen molar-refractivity contribution in [2.75, 3.05) is 7.11 Å². The van der Waals surface area contributed by atoms with Crippen molar-refractivity contribution >= 4 is 27.8 Å². The second-order valence-electron chi connectivity index (χ2n) is 6.36. The number of carboxylic acids is 1. The highest BCUT2D eigenvalue weighted by Gasteiger charge is 2.19. The van der Waals surface area contributed by atoms with E-state index in [4.69, 9.17) is 9.47 Å². The number of carboxylic acid groups (broad SMARTS) is 1. The molecule has 0 bridgehead atoms. The quantitative estimate of drug-likeness (QED) is 0.522. The molecular weight excluding hydrogens is 363 g/mol. The molecular formula is C21H17FN2O4. The van der Waals surface area contributed by atoms with Crippen LogP contribution in [0.3, 0.4) is 0 Å². The number of halogens is 1. The van der Waals surface area contributed by atoms with E-state index in [0.717, 1.165) is 27.4 Å². The van der Waals surface area contributed by atoms with Crippen molar-refractivity contribution in [2.45, 2.75) is 13.2 Å². The first-order chi connectivity index (χ1) is 13.6. The number of aromatic amines is 1. The van der Waals surface area contributed by atoms with Crippen LogP contribution >= 0.6 is 0 Å². The summed E-state index contributed by atoms with van der Waals surface area (Å²) in [5.41, 5.74) is 2.88. The van der Waals surface area contributed by atoms with Crippen molar-refractivity contribution in [2.24, 2.45) is 0 Å². The van der Waals surface area contributed by atoms with Gasteiger partial charge in [-0.05, 0) is 35.9 Å². The van der Waals surface area contributed by atoms with Gasteiger partial charge in [0, 0.05) is 29.0 Å². The molecule has 2 aromatic carbocycles. The molecule has 2 aromatic heterocycles. The van der Waals surface area contributed by atoms with E-state index in [2.05, 4.69) is 9.97 Å². The van der Waals surface area contributed by atoms with E-state index in [1.54, 1.807) is 12.1 Å². The monoisotopic (exact) mass is 380 g/mol. The molecule has 4 aromatic rings. The van der Waals surface area contributed by atoms with E-state index in [1.165, 1.54) is 25.4 Å². The fourth-order valence-electron chi connectivity index (χ4n) is 3.25. The Morgan fingerprint density at radius 1 is 1.14 bits per heavy atom. The smallest absolute Gasteiger partial charge is 0.354 e. The number of benzene rings is 2. The van der Waals surface area contributed by atoms with E-state index < -0.39 is 5.97 Å². The van der Waals surface area contributed by atoms with Gasteiger partial charge in [0.25, 0.3) is 0 Å². The van der Waals surface area contributed by atoms with Crippen molar-refractivity contribution in [3.05, 3.63) is 71.3 Å². The lowest BCUT2D eigenvalue weighted by atomic mass is 10.1. The van der Waals surface area contributed by atoms with Gasteiger partial charge in [0.15, 0.2) is 5.69 Å². The van der Waals surface area contributed by atoms with Gasteiger partial charge in [-0.1, -0.05) is 12.1 Å². The van der Waals surface area contributed by atoms with Crippen molar-refractivity contribution in [1.29, 1.82) is 0 Å². The number of aromatic carboxylic acids is 1. The van der Waals surface area contributed by atoms with Gasteiger partial charge in [0.05, 0.1) is 18.3 Å². The summed E-state index contributed by atoms with van der Waals surface area (Å²) in [5.74, 6) is -0.778. The van der Waals surface area contributed by atoms with Crippen LogP contribution < -0.4 is 4.74 Å². The average molecular weight is 380 g/mol.